The first-order valence-corrected chi connectivity index (χ1v) is 11.0. The number of hydrogen-bond donors (Lipinski definition) is 2. The smallest absolute Gasteiger partial charge is 0.240 e. The van der Waals surface area contributed by atoms with Gasteiger partial charge < -0.3 is 10.1 Å². The van der Waals surface area contributed by atoms with Crippen molar-refractivity contribution in [1.29, 1.82) is 0 Å². The van der Waals surface area contributed by atoms with Crippen molar-refractivity contribution >= 4 is 46.9 Å². The number of amides is 2. The van der Waals surface area contributed by atoms with E-state index in [1.54, 1.807) is 24.3 Å². The van der Waals surface area contributed by atoms with Gasteiger partial charge in [0.25, 0.3) is 0 Å². The highest BCUT2D eigenvalue weighted by Crippen LogP contribution is 2.20. The highest BCUT2D eigenvalue weighted by molar-refractivity contribution is 6.31. The quantitative estimate of drug-likeness (QED) is 0.300. The number of aryl methyl sites for hydroxylation is 1. The molecule has 2 amide bonds. The van der Waals surface area contributed by atoms with Crippen LogP contribution in [0.4, 0.5) is 5.69 Å². The van der Waals surface area contributed by atoms with E-state index in [9.17, 15) is 9.59 Å². The standard InChI is InChI=1S/C25H23Cl2N3O3/c1-17-6-11-21(14-22(17)27)29-24(31)12-13-25(32)30-28-15-19-4-2-3-5-23(19)33-16-18-7-9-20(26)10-8-18/h2-11,14-15H,12-13,16H2,1H3,(H,29,31)(H,30,32). The van der Waals surface area contributed by atoms with Crippen LogP contribution in [-0.2, 0) is 16.2 Å². The average molecular weight is 484 g/mol. The molecular weight excluding hydrogens is 461 g/mol. The number of hydrazone groups is 1. The van der Waals surface area contributed by atoms with Crippen molar-refractivity contribution in [2.24, 2.45) is 5.10 Å². The summed E-state index contributed by atoms with van der Waals surface area (Å²) >= 11 is 12.0. The monoisotopic (exact) mass is 483 g/mol. The maximum atomic E-state index is 12.1. The topological polar surface area (TPSA) is 79.8 Å². The maximum absolute atomic E-state index is 12.1. The molecule has 3 aromatic carbocycles. The van der Waals surface area contributed by atoms with Gasteiger partial charge in [-0.3, -0.25) is 9.59 Å². The number of rotatable bonds is 9. The third kappa shape index (κ3) is 7.93. The van der Waals surface area contributed by atoms with Gasteiger partial charge in [-0.05, 0) is 54.4 Å². The Morgan fingerprint density at radius 3 is 2.45 bits per heavy atom. The van der Waals surface area contributed by atoms with E-state index in [0.717, 1.165) is 11.1 Å². The summed E-state index contributed by atoms with van der Waals surface area (Å²) in [5, 5.41) is 7.93. The summed E-state index contributed by atoms with van der Waals surface area (Å²) in [4.78, 5) is 24.1. The fraction of sp³-hybridized carbons (Fsp3) is 0.160. The Bertz CT molecular complexity index is 1150. The van der Waals surface area contributed by atoms with E-state index >= 15 is 0 Å². The number of carbonyl (C=O) groups excluding carboxylic acids is 2. The summed E-state index contributed by atoms with van der Waals surface area (Å²) in [5.41, 5.74) is 5.63. The molecular formula is C25H23Cl2N3O3. The summed E-state index contributed by atoms with van der Waals surface area (Å²) in [6.07, 6.45) is 1.52. The van der Waals surface area contributed by atoms with Crippen molar-refractivity contribution in [3.8, 4) is 5.75 Å². The lowest BCUT2D eigenvalue weighted by Gasteiger charge is -2.09. The third-order valence-electron chi connectivity index (χ3n) is 4.65. The molecule has 0 spiro atoms. The Balaban J connectivity index is 1.46. The summed E-state index contributed by atoms with van der Waals surface area (Å²) in [7, 11) is 0. The maximum Gasteiger partial charge on any atom is 0.240 e. The molecule has 0 radical (unpaired) electrons. The van der Waals surface area contributed by atoms with Crippen molar-refractivity contribution in [1.82, 2.24) is 5.43 Å². The molecule has 0 bridgehead atoms. The van der Waals surface area contributed by atoms with Crippen LogP contribution in [0.5, 0.6) is 5.75 Å². The van der Waals surface area contributed by atoms with Crippen LogP contribution in [0.25, 0.3) is 0 Å². The minimum atomic E-state index is -0.372. The molecule has 33 heavy (non-hydrogen) atoms. The number of hydrogen-bond acceptors (Lipinski definition) is 4. The predicted octanol–water partition coefficient (Wildman–Crippen LogP) is 5.75. The van der Waals surface area contributed by atoms with E-state index in [1.165, 1.54) is 6.21 Å². The van der Waals surface area contributed by atoms with Crippen molar-refractivity contribution in [2.75, 3.05) is 5.32 Å². The fourth-order valence-corrected chi connectivity index (χ4v) is 3.12. The molecule has 6 nitrogen and oxygen atoms in total. The van der Waals surface area contributed by atoms with Crippen LogP contribution in [0.15, 0.2) is 71.8 Å². The van der Waals surface area contributed by atoms with E-state index in [-0.39, 0.29) is 24.7 Å². The van der Waals surface area contributed by atoms with Gasteiger partial charge in [0.05, 0.1) is 6.21 Å². The highest BCUT2D eigenvalue weighted by atomic mass is 35.5. The van der Waals surface area contributed by atoms with Crippen LogP contribution in [0.2, 0.25) is 10.0 Å². The second-order valence-corrected chi connectivity index (χ2v) is 8.10. The molecule has 0 saturated carbocycles. The van der Waals surface area contributed by atoms with Crippen LogP contribution in [0.1, 0.15) is 29.5 Å². The number of anilines is 1. The first-order chi connectivity index (χ1) is 15.9. The second kappa shape index (κ2) is 12.0. The van der Waals surface area contributed by atoms with Crippen LogP contribution >= 0.6 is 23.2 Å². The van der Waals surface area contributed by atoms with E-state index in [2.05, 4.69) is 15.8 Å². The SMILES string of the molecule is Cc1ccc(NC(=O)CCC(=O)NN=Cc2ccccc2OCc2ccc(Cl)cc2)cc1Cl. The van der Waals surface area contributed by atoms with Gasteiger partial charge in [0.2, 0.25) is 11.8 Å². The Labute approximate surface area is 202 Å². The minimum absolute atomic E-state index is 0.00250. The number of benzene rings is 3. The van der Waals surface area contributed by atoms with Crippen molar-refractivity contribution < 1.29 is 14.3 Å². The van der Waals surface area contributed by atoms with Gasteiger partial charge in [0.15, 0.2) is 0 Å². The van der Waals surface area contributed by atoms with Crippen molar-refractivity contribution in [3.05, 3.63) is 93.5 Å². The van der Waals surface area contributed by atoms with Gasteiger partial charge in [-0.25, -0.2) is 5.43 Å². The molecule has 2 N–H and O–H groups in total. The zero-order valence-electron chi connectivity index (χ0n) is 18.0. The lowest BCUT2D eigenvalue weighted by molar-refractivity contribution is -0.124. The first kappa shape index (κ1) is 24.3. The summed E-state index contributed by atoms with van der Waals surface area (Å²) in [6.45, 7) is 2.25. The molecule has 0 aliphatic carbocycles. The van der Waals surface area contributed by atoms with Gasteiger partial charge >= 0.3 is 0 Å². The lowest BCUT2D eigenvalue weighted by Crippen LogP contribution is -2.20. The minimum Gasteiger partial charge on any atom is -0.488 e. The van der Waals surface area contributed by atoms with Gasteiger partial charge in [-0.2, -0.15) is 5.10 Å². The zero-order chi connectivity index (χ0) is 23.6. The van der Waals surface area contributed by atoms with E-state index in [4.69, 9.17) is 27.9 Å². The average Bonchev–Trinajstić information content (AvgIpc) is 2.80. The largest absolute Gasteiger partial charge is 0.488 e. The van der Waals surface area contributed by atoms with Crippen LogP contribution in [0.3, 0.4) is 0 Å². The van der Waals surface area contributed by atoms with E-state index in [1.807, 2.05) is 49.4 Å². The normalized spacial score (nSPS) is 10.8. The molecule has 3 aromatic rings. The molecule has 0 aromatic heterocycles. The number of para-hydroxylation sites is 1. The second-order valence-electron chi connectivity index (χ2n) is 7.26. The van der Waals surface area contributed by atoms with Gasteiger partial charge in [0, 0.05) is 34.1 Å². The predicted molar refractivity (Wildman–Crippen MR) is 132 cm³/mol. The summed E-state index contributed by atoms with van der Waals surface area (Å²) in [6, 6.07) is 20.0. The van der Waals surface area contributed by atoms with Gasteiger partial charge in [0.1, 0.15) is 12.4 Å². The molecule has 0 aliphatic heterocycles. The van der Waals surface area contributed by atoms with E-state index < -0.39 is 0 Å². The molecule has 0 heterocycles. The third-order valence-corrected chi connectivity index (χ3v) is 5.31. The van der Waals surface area contributed by atoms with Crippen molar-refractivity contribution in [3.63, 3.8) is 0 Å². The Kier molecular flexibility index (Phi) is 8.87. The highest BCUT2D eigenvalue weighted by Gasteiger charge is 2.08. The van der Waals surface area contributed by atoms with Crippen LogP contribution in [-0.4, -0.2) is 18.0 Å². The number of carbonyl (C=O) groups is 2. The molecule has 0 unspecified atom stereocenters. The molecule has 170 valence electrons. The van der Waals surface area contributed by atoms with Crippen LogP contribution in [0, 0.1) is 6.92 Å². The molecule has 0 aliphatic rings. The molecule has 0 fully saturated rings. The van der Waals surface area contributed by atoms with Gasteiger partial charge in [-0.15, -0.1) is 0 Å². The Hall–Kier alpha value is -3.35. The Morgan fingerprint density at radius 2 is 1.70 bits per heavy atom. The van der Waals surface area contributed by atoms with Gasteiger partial charge in [-0.1, -0.05) is 53.5 Å². The lowest BCUT2D eigenvalue weighted by atomic mass is 10.2. The zero-order valence-corrected chi connectivity index (χ0v) is 19.5. The summed E-state index contributed by atoms with van der Waals surface area (Å²) < 4.78 is 5.86. The fourth-order valence-electron chi connectivity index (χ4n) is 2.81. The Morgan fingerprint density at radius 1 is 0.970 bits per heavy atom. The molecule has 3 rings (SSSR count). The van der Waals surface area contributed by atoms with Crippen molar-refractivity contribution in [2.45, 2.75) is 26.4 Å². The molecule has 8 heteroatoms. The molecule has 0 saturated heterocycles. The first-order valence-electron chi connectivity index (χ1n) is 10.2. The number of nitrogens with zero attached hydrogens (tertiary/aromatic N) is 1. The van der Waals surface area contributed by atoms with E-state index in [0.29, 0.717) is 33.7 Å². The summed E-state index contributed by atoms with van der Waals surface area (Å²) in [5.74, 6) is -0.0283. The number of nitrogens with one attached hydrogen (secondary N) is 2. The number of halogens is 2. The molecule has 0 atom stereocenters. The number of ether oxygens (including phenoxy) is 1. The van der Waals surface area contributed by atoms with Crippen LogP contribution < -0.4 is 15.5 Å².